The van der Waals surface area contributed by atoms with Crippen molar-refractivity contribution in [1.82, 2.24) is 0 Å². The molecule has 0 aromatic heterocycles. The third-order valence-corrected chi connectivity index (χ3v) is 3.09. The molecule has 0 aliphatic heterocycles. The van der Waals surface area contributed by atoms with Gasteiger partial charge in [-0.25, -0.2) is 4.79 Å². The summed E-state index contributed by atoms with van der Waals surface area (Å²) in [5, 5.41) is 0. The highest BCUT2D eigenvalue weighted by molar-refractivity contribution is 5.89. The first kappa shape index (κ1) is 16.2. The standard InChI is InChI=1S/C18H24O2/c1-3-4-5-6-7-8-9-10-11-16-12-14-17(15-13-16)18(19)20-2/h8-15H,3-7H2,1-2H3/b9-8+,11-10+. The van der Waals surface area contributed by atoms with Crippen LogP contribution in [0.25, 0.3) is 6.08 Å². The highest BCUT2D eigenvalue weighted by Gasteiger charge is 2.02. The highest BCUT2D eigenvalue weighted by Crippen LogP contribution is 2.08. The smallest absolute Gasteiger partial charge is 0.337 e. The lowest BCUT2D eigenvalue weighted by molar-refractivity contribution is 0.0601. The van der Waals surface area contributed by atoms with Crippen molar-refractivity contribution in [2.45, 2.75) is 39.0 Å². The van der Waals surface area contributed by atoms with E-state index in [1.807, 2.05) is 24.3 Å². The summed E-state index contributed by atoms with van der Waals surface area (Å²) < 4.78 is 4.66. The number of methoxy groups -OCH3 is 1. The molecule has 1 aromatic carbocycles. The Balaban J connectivity index is 2.35. The van der Waals surface area contributed by atoms with Crippen molar-refractivity contribution in [3.8, 4) is 0 Å². The summed E-state index contributed by atoms with van der Waals surface area (Å²) in [7, 11) is 1.39. The van der Waals surface area contributed by atoms with Gasteiger partial charge >= 0.3 is 5.97 Å². The van der Waals surface area contributed by atoms with Crippen molar-refractivity contribution in [3.05, 3.63) is 53.6 Å². The summed E-state index contributed by atoms with van der Waals surface area (Å²) in [5.41, 5.74) is 1.66. The zero-order valence-corrected chi connectivity index (χ0v) is 12.5. The summed E-state index contributed by atoms with van der Waals surface area (Å²) >= 11 is 0. The second-order valence-corrected chi connectivity index (χ2v) is 4.75. The van der Waals surface area contributed by atoms with Crippen LogP contribution in [0.15, 0.2) is 42.5 Å². The van der Waals surface area contributed by atoms with E-state index in [1.54, 1.807) is 12.1 Å². The molecule has 1 aromatic rings. The van der Waals surface area contributed by atoms with Gasteiger partial charge in [0.2, 0.25) is 0 Å². The zero-order valence-electron chi connectivity index (χ0n) is 12.5. The van der Waals surface area contributed by atoms with Crippen molar-refractivity contribution >= 4 is 12.0 Å². The lowest BCUT2D eigenvalue weighted by Gasteiger charge is -1.98. The Labute approximate surface area is 122 Å². The second-order valence-electron chi connectivity index (χ2n) is 4.75. The molecular weight excluding hydrogens is 248 g/mol. The lowest BCUT2D eigenvalue weighted by atomic mass is 10.1. The molecule has 0 amide bonds. The highest BCUT2D eigenvalue weighted by atomic mass is 16.5. The van der Waals surface area contributed by atoms with Gasteiger partial charge in [0, 0.05) is 0 Å². The first-order valence-electron chi connectivity index (χ1n) is 7.29. The van der Waals surface area contributed by atoms with Gasteiger partial charge in [-0.1, -0.05) is 62.6 Å². The summed E-state index contributed by atoms with van der Waals surface area (Å²) in [6, 6.07) is 7.38. The van der Waals surface area contributed by atoms with Gasteiger partial charge in [-0.05, 0) is 30.5 Å². The molecule has 0 saturated heterocycles. The molecule has 0 bridgehead atoms. The number of benzene rings is 1. The molecule has 2 heteroatoms. The number of allylic oxidation sites excluding steroid dienone is 3. The number of carbonyl (C=O) groups excluding carboxylic acids is 1. The van der Waals surface area contributed by atoms with Gasteiger partial charge < -0.3 is 4.74 Å². The van der Waals surface area contributed by atoms with Crippen molar-refractivity contribution in [3.63, 3.8) is 0 Å². The Bertz CT molecular complexity index is 441. The molecule has 0 radical (unpaired) electrons. The molecular formula is C18H24O2. The molecule has 0 heterocycles. The molecule has 0 spiro atoms. The first-order valence-corrected chi connectivity index (χ1v) is 7.29. The van der Waals surface area contributed by atoms with Crippen LogP contribution < -0.4 is 0 Å². The van der Waals surface area contributed by atoms with E-state index in [2.05, 4.69) is 23.8 Å². The van der Waals surface area contributed by atoms with Crippen LogP contribution in [0.5, 0.6) is 0 Å². The van der Waals surface area contributed by atoms with Crippen LogP contribution in [-0.4, -0.2) is 13.1 Å². The summed E-state index contributed by atoms with van der Waals surface area (Å²) in [6.07, 6.45) is 14.7. The number of carbonyl (C=O) groups is 1. The monoisotopic (exact) mass is 272 g/mol. The molecule has 20 heavy (non-hydrogen) atoms. The van der Waals surface area contributed by atoms with Crippen LogP contribution in [-0.2, 0) is 4.74 Å². The summed E-state index contributed by atoms with van der Waals surface area (Å²) in [4.78, 5) is 11.3. The molecule has 108 valence electrons. The maximum absolute atomic E-state index is 11.3. The molecule has 0 aliphatic carbocycles. The minimum Gasteiger partial charge on any atom is -0.465 e. The molecule has 1 rings (SSSR count). The first-order chi connectivity index (χ1) is 9.77. The van der Waals surface area contributed by atoms with E-state index in [0.717, 1.165) is 12.0 Å². The van der Waals surface area contributed by atoms with Gasteiger partial charge in [0.25, 0.3) is 0 Å². The molecule has 0 fully saturated rings. The normalized spacial score (nSPS) is 11.3. The predicted octanol–water partition coefficient (Wildman–Crippen LogP) is 5.01. The number of unbranched alkanes of at least 4 members (excludes halogenated alkanes) is 4. The average molecular weight is 272 g/mol. The molecule has 0 N–H and O–H groups in total. The van der Waals surface area contributed by atoms with E-state index in [4.69, 9.17) is 0 Å². The van der Waals surface area contributed by atoms with Gasteiger partial charge in [0.05, 0.1) is 12.7 Å². The molecule has 2 nitrogen and oxygen atoms in total. The van der Waals surface area contributed by atoms with Crippen molar-refractivity contribution in [2.75, 3.05) is 7.11 Å². The van der Waals surface area contributed by atoms with Crippen LogP contribution in [0, 0.1) is 0 Å². The Morgan fingerprint density at radius 1 is 1.10 bits per heavy atom. The van der Waals surface area contributed by atoms with Crippen LogP contribution >= 0.6 is 0 Å². The third kappa shape index (κ3) is 6.37. The minimum absolute atomic E-state index is 0.299. The zero-order chi connectivity index (χ0) is 14.6. The molecule has 0 atom stereocenters. The van der Waals surface area contributed by atoms with Crippen LogP contribution in [0.4, 0.5) is 0 Å². The molecule has 0 aliphatic rings. The number of rotatable bonds is 8. The largest absolute Gasteiger partial charge is 0.465 e. The number of esters is 1. The van der Waals surface area contributed by atoms with Crippen LogP contribution in [0.2, 0.25) is 0 Å². The summed E-state index contributed by atoms with van der Waals surface area (Å²) in [6.45, 7) is 2.23. The number of hydrogen-bond donors (Lipinski definition) is 0. The van der Waals surface area contributed by atoms with Crippen molar-refractivity contribution in [2.24, 2.45) is 0 Å². The van der Waals surface area contributed by atoms with E-state index >= 15 is 0 Å². The fourth-order valence-corrected chi connectivity index (χ4v) is 1.88. The molecule has 0 saturated carbocycles. The van der Waals surface area contributed by atoms with E-state index in [9.17, 15) is 4.79 Å². The van der Waals surface area contributed by atoms with Gasteiger partial charge in [0.1, 0.15) is 0 Å². The van der Waals surface area contributed by atoms with Crippen molar-refractivity contribution < 1.29 is 9.53 Å². The quantitative estimate of drug-likeness (QED) is 0.377. The van der Waals surface area contributed by atoms with E-state index in [-0.39, 0.29) is 5.97 Å². The average Bonchev–Trinajstić information content (AvgIpc) is 2.50. The Morgan fingerprint density at radius 2 is 1.85 bits per heavy atom. The number of ether oxygens (including phenoxy) is 1. The minimum atomic E-state index is -0.299. The second kappa shape index (κ2) is 10.0. The van der Waals surface area contributed by atoms with E-state index < -0.39 is 0 Å². The van der Waals surface area contributed by atoms with Crippen LogP contribution in [0.3, 0.4) is 0 Å². The molecule has 0 unspecified atom stereocenters. The van der Waals surface area contributed by atoms with Gasteiger partial charge in [-0.2, -0.15) is 0 Å². The Kier molecular flexibility index (Phi) is 8.13. The van der Waals surface area contributed by atoms with Gasteiger partial charge in [0.15, 0.2) is 0 Å². The van der Waals surface area contributed by atoms with Gasteiger partial charge in [-0.15, -0.1) is 0 Å². The Hall–Kier alpha value is -1.83. The maximum atomic E-state index is 11.3. The number of hydrogen-bond acceptors (Lipinski definition) is 2. The fraction of sp³-hybridized carbons (Fsp3) is 0.389. The third-order valence-electron chi connectivity index (χ3n) is 3.09. The fourth-order valence-electron chi connectivity index (χ4n) is 1.88. The topological polar surface area (TPSA) is 26.3 Å². The maximum Gasteiger partial charge on any atom is 0.337 e. The van der Waals surface area contributed by atoms with Crippen LogP contribution in [0.1, 0.15) is 54.9 Å². The SMILES string of the molecule is CCCCCC/C=C/C=C/c1ccc(C(=O)OC)cc1. The van der Waals surface area contributed by atoms with E-state index in [0.29, 0.717) is 5.56 Å². The van der Waals surface area contributed by atoms with E-state index in [1.165, 1.54) is 32.8 Å². The summed E-state index contributed by atoms with van der Waals surface area (Å²) in [5.74, 6) is -0.299. The predicted molar refractivity (Wildman–Crippen MR) is 84.7 cm³/mol. The Morgan fingerprint density at radius 3 is 2.50 bits per heavy atom. The lowest BCUT2D eigenvalue weighted by Crippen LogP contribution is -2.00. The van der Waals surface area contributed by atoms with Crippen molar-refractivity contribution in [1.29, 1.82) is 0 Å². The van der Waals surface area contributed by atoms with Gasteiger partial charge in [-0.3, -0.25) is 0 Å².